The number of H-pyrrole nitrogens is 1. The molecule has 0 spiro atoms. The summed E-state index contributed by atoms with van der Waals surface area (Å²) in [6.07, 6.45) is 5.44. The fourth-order valence-corrected chi connectivity index (χ4v) is 1.57. The molecule has 0 saturated heterocycles. The van der Waals surface area contributed by atoms with Crippen LogP contribution in [0.4, 0.5) is 0 Å². The van der Waals surface area contributed by atoms with Gasteiger partial charge in [-0.3, -0.25) is 10.1 Å². The van der Waals surface area contributed by atoms with Crippen molar-refractivity contribution >= 4 is 0 Å². The first-order chi connectivity index (χ1) is 8.34. The average molecular weight is 231 g/mol. The summed E-state index contributed by atoms with van der Waals surface area (Å²) in [5.41, 5.74) is 2.27. The molecule has 90 valence electrons. The maximum Gasteiger partial charge on any atom is 0.137 e. The van der Waals surface area contributed by atoms with E-state index in [1.165, 1.54) is 5.56 Å². The summed E-state index contributed by atoms with van der Waals surface area (Å²) in [5, 5.41) is 10.0. The molecule has 5 nitrogen and oxygen atoms in total. The van der Waals surface area contributed by atoms with Gasteiger partial charge in [0.1, 0.15) is 12.2 Å². The number of aryl methyl sites for hydroxylation is 2. The smallest absolute Gasteiger partial charge is 0.137 e. The Kier molecular flexibility index (Phi) is 4.21. The Labute approximate surface area is 101 Å². The second-order valence-electron chi connectivity index (χ2n) is 4.02. The number of pyridine rings is 1. The van der Waals surface area contributed by atoms with Gasteiger partial charge in [0, 0.05) is 24.9 Å². The maximum absolute atomic E-state index is 4.26. The molecule has 2 N–H and O–H groups in total. The van der Waals surface area contributed by atoms with Crippen LogP contribution in [0.3, 0.4) is 0 Å². The molecule has 17 heavy (non-hydrogen) atoms. The highest BCUT2D eigenvalue weighted by Gasteiger charge is 1.96. The summed E-state index contributed by atoms with van der Waals surface area (Å²) in [6.45, 7) is 3.83. The number of nitrogens with one attached hydrogen (secondary N) is 2. The summed E-state index contributed by atoms with van der Waals surface area (Å²) in [4.78, 5) is 8.33. The van der Waals surface area contributed by atoms with E-state index in [1.54, 1.807) is 6.33 Å². The van der Waals surface area contributed by atoms with E-state index in [9.17, 15) is 0 Å². The summed E-state index contributed by atoms with van der Waals surface area (Å²) in [5.74, 6) is 0.948. The van der Waals surface area contributed by atoms with Crippen molar-refractivity contribution in [1.29, 1.82) is 0 Å². The molecule has 0 aromatic carbocycles. The van der Waals surface area contributed by atoms with E-state index in [0.29, 0.717) is 0 Å². The highest BCUT2D eigenvalue weighted by Crippen LogP contribution is 1.99. The number of hydrogen-bond acceptors (Lipinski definition) is 4. The highest BCUT2D eigenvalue weighted by molar-refractivity contribution is 5.12. The molecule has 0 atom stereocenters. The first kappa shape index (κ1) is 11.7. The maximum atomic E-state index is 4.26. The van der Waals surface area contributed by atoms with Gasteiger partial charge in [-0.2, -0.15) is 5.10 Å². The molecule has 0 saturated carbocycles. The Morgan fingerprint density at radius 1 is 1.29 bits per heavy atom. The number of aromatic nitrogens is 4. The van der Waals surface area contributed by atoms with Crippen LogP contribution in [0, 0.1) is 6.92 Å². The van der Waals surface area contributed by atoms with Gasteiger partial charge in [0.15, 0.2) is 0 Å². The standard InChI is InChI=1S/C12H17N5/c1-10-4-5-11(8-14-10)7-13-6-2-3-12-15-9-16-17-12/h4-5,8-9,13H,2-3,6-7H2,1H3,(H,15,16,17). The van der Waals surface area contributed by atoms with Crippen molar-refractivity contribution in [1.82, 2.24) is 25.5 Å². The lowest BCUT2D eigenvalue weighted by Crippen LogP contribution is -2.15. The van der Waals surface area contributed by atoms with E-state index in [4.69, 9.17) is 0 Å². The third kappa shape index (κ3) is 3.96. The summed E-state index contributed by atoms with van der Waals surface area (Å²) >= 11 is 0. The third-order valence-corrected chi connectivity index (χ3v) is 2.53. The van der Waals surface area contributed by atoms with E-state index in [2.05, 4.69) is 31.5 Å². The SMILES string of the molecule is Cc1ccc(CNCCCc2ncn[nH]2)cn1. The monoisotopic (exact) mass is 231 g/mol. The molecule has 2 aromatic rings. The van der Waals surface area contributed by atoms with Crippen molar-refractivity contribution in [3.63, 3.8) is 0 Å². The topological polar surface area (TPSA) is 66.5 Å². The normalized spacial score (nSPS) is 10.6. The molecule has 2 aromatic heterocycles. The molecule has 2 rings (SSSR count). The van der Waals surface area contributed by atoms with E-state index in [0.717, 1.165) is 37.4 Å². The Morgan fingerprint density at radius 2 is 2.24 bits per heavy atom. The van der Waals surface area contributed by atoms with Gasteiger partial charge >= 0.3 is 0 Å². The Hall–Kier alpha value is -1.75. The number of aromatic amines is 1. The van der Waals surface area contributed by atoms with Gasteiger partial charge in [-0.1, -0.05) is 6.07 Å². The molecule has 2 heterocycles. The van der Waals surface area contributed by atoms with Gasteiger partial charge in [0.2, 0.25) is 0 Å². The van der Waals surface area contributed by atoms with Crippen LogP contribution < -0.4 is 5.32 Å². The van der Waals surface area contributed by atoms with Crippen LogP contribution >= 0.6 is 0 Å². The minimum atomic E-state index is 0.865. The molecule has 0 aliphatic heterocycles. The van der Waals surface area contributed by atoms with E-state index in [-0.39, 0.29) is 0 Å². The van der Waals surface area contributed by atoms with Crippen molar-refractivity contribution < 1.29 is 0 Å². The van der Waals surface area contributed by atoms with Crippen LogP contribution in [0.15, 0.2) is 24.7 Å². The first-order valence-electron chi connectivity index (χ1n) is 5.81. The van der Waals surface area contributed by atoms with E-state index >= 15 is 0 Å². The molecule has 0 aliphatic carbocycles. The van der Waals surface area contributed by atoms with Crippen LogP contribution in [0.5, 0.6) is 0 Å². The molecule has 0 unspecified atom stereocenters. The molecule has 5 heteroatoms. The van der Waals surface area contributed by atoms with Gasteiger partial charge in [0.25, 0.3) is 0 Å². The zero-order valence-electron chi connectivity index (χ0n) is 9.98. The second kappa shape index (κ2) is 6.10. The predicted molar refractivity (Wildman–Crippen MR) is 65.4 cm³/mol. The minimum Gasteiger partial charge on any atom is -0.313 e. The van der Waals surface area contributed by atoms with Crippen LogP contribution in [0.2, 0.25) is 0 Å². The highest BCUT2D eigenvalue weighted by atomic mass is 15.2. The van der Waals surface area contributed by atoms with Crippen molar-refractivity contribution in [2.45, 2.75) is 26.3 Å². The lowest BCUT2D eigenvalue weighted by atomic mass is 10.2. The van der Waals surface area contributed by atoms with Gasteiger partial charge < -0.3 is 5.32 Å². The Bertz CT molecular complexity index is 421. The summed E-state index contributed by atoms with van der Waals surface area (Å²) in [6, 6.07) is 4.14. The minimum absolute atomic E-state index is 0.865. The van der Waals surface area contributed by atoms with Gasteiger partial charge in [-0.25, -0.2) is 4.98 Å². The first-order valence-corrected chi connectivity index (χ1v) is 5.81. The van der Waals surface area contributed by atoms with Gasteiger partial charge in [-0.05, 0) is 31.5 Å². The fourth-order valence-electron chi connectivity index (χ4n) is 1.57. The van der Waals surface area contributed by atoms with Crippen LogP contribution in [0.25, 0.3) is 0 Å². The Balaban J connectivity index is 1.61. The zero-order valence-corrected chi connectivity index (χ0v) is 9.98. The van der Waals surface area contributed by atoms with Crippen molar-refractivity contribution in [3.05, 3.63) is 41.7 Å². The quantitative estimate of drug-likeness (QED) is 0.734. The molecular formula is C12H17N5. The third-order valence-electron chi connectivity index (χ3n) is 2.53. The number of hydrogen-bond donors (Lipinski definition) is 2. The zero-order chi connectivity index (χ0) is 11.9. The van der Waals surface area contributed by atoms with Gasteiger partial charge in [-0.15, -0.1) is 0 Å². The second-order valence-corrected chi connectivity index (χ2v) is 4.02. The van der Waals surface area contributed by atoms with Crippen molar-refractivity contribution in [3.8, 4) is 0 Å². The van der Waals surface area contributed by atoms with Crippen molar-refractivity contribution in [2.24, 2.45) is 0 Å². The Morgan fingerprint density at radius 3 is 2.94 bits per heavy atom. The van der Waals surface area contributed by atoms with Gasteiger partial charge in [0.05, 0.1) is 0 Å². The lowest BCUT2D eigenvalue weighted by molar-refractivity contribution is 0.638. The molecule has 0 fully saturated rings. The molecule has 0 radical (unpaired) electrons. The van der Waals surface area contributed by atoms with Crippen LogP contribution in [0.1, 0.15) is 23.5 Å². The predicted octanol–water partition coefficient (Wildman–Crippen LogP) is 1.23. The van der Waals surface area contributed by atoms with Crippen molar-refractivity contribution in [2.75, 3.05) is 6.54 Å². The summed E-state index contributed by atoms with van der Waals surface area (Å²) < 4.78 is 0. The molecular weight excluding hydrogens is 214 g/mol. The van der Waals surface area contributed by atoms with E-state index in [1.807, 2.05) is 19.2 Å². The number of rotatable bonds is 6. The molecule has 0 bridgehead atoms. The van der Waals surface area contributed by atoms with E-state index < -0.39 is 0 Å². The largest absolute Gasteiger partial charge is 0.313 e. The summed E-state index contributed by atoms with van der Waals surface area (Å²) in [7, 11) is 0. The van der Waals surface area contributed by atoms with Crippen LogP contribution in [-0.4, -0.2) is 26.7 Å². The number of nitrogens with zero attached hydrogens (tertiary/aromatic N) is 3. The lowest BCUT2D eigenvalue weighted by Gasteiger charge is -2.04. The molecule has 0 aliphatic rings. The van der Waals surface area contributed by atoms with Crippen LogP contribution in [-0.2, 0) is 13.0 Å². The molecule has 0 amide bonds. The average Bonchev–Trinajstić information content (AvgIpc) is 2.84. The fraction of sp³-hybridized carbons (Fsp3) is 0.417.